The van der Waals surface area contributed by atoms with Crippen LogP contribution in [0.15, 0.2) is 72.9 Å². The highest BCUT2D eigenvalue weighted by Crippen LogP contribution is 2.43. The number of esters is 2. The Balaban J connectivity index is 4.45. The van der Waals surface area contributed by atoms with Gasteiger partial charge in [-0.15, -0.1) is 0 Å². The van der Waals surface area contributed by atoms with E-state index in [-0.39, 0.29) is 32.6 Å². The summed E-state index contributed by atoms with van der Waals surface area (Å²) in [6, 6.07) is 0. The Labute approximate surface area is 340 Å². The van der Waals surface area contributed by atoms with Gasteiger partial charge in [0.15, 0.2) is 6.10 Å². The Morgan fingerprint density at radius 2 is 1.14 bits per heavy atom. The molecule has 56 heavy (non-hydrogen) atoms. The first-order valence-electron chi connectivity index (χ1n) is 21.5. The van der Waals surface area contributed by atoms with Crippen LogP contribution in [0.25, 0.3) is 0 Å². The smallest absolute Gasteiger partial charge is 0.462 e. The first-order valence-corrected chi connectivity index (χ1v) is 23.0. The van der Waals surface area contributed by atoms with Crippen LogP contribution in [0.4, 0.5) is 0 Å². The van der Waals surface area contributed by atoms with E-state index in [0.717, 1.165) is 32.1 Å². The number of carbonyl (C=O) groups is 2. The zero-order valence-electron chi connectivity index (χ0n) is 35.0. The lowest BCUT2D eigenvalue weighted by Gasteiger charge is -2.20. The molecule has 0 aromatic carbocycles. The second kappa shape index (κ2) is 40.6. The summed E-state index contributed by atoms with van der Waals surface area (Å²) in [5.74, 6) is -1.09. The molecule has 11 heteroatoms. The minimum absolute atomic E-state index is 0.00742. The fourth-order valence-corrected chi connectivity index (χ4v) is 6.19. The summed E-state index contributed by atoms with van der Waals surface area (Å²) in [5, 5.41) is 10.3. The number of aliphatic hydroxyl groups excluding tert-OH is 1. The predicted molar refractivity (Wildman–Crippen MR) is 230 cm³/mol. The standard InChI is InChI=1S/C45H78NO9P/c1-3-5-7-9-11-13-15-17-18-19-20-22-24-26-28-30-32-36-44(48)52-40-43(41-54-56(50,51)53-39-38-46)55-45(49)37-33-35-42(47)34-31-29-27-25-23-21-16-14-12-10-8-6-4-2/h17-18,20-23,26-29,31,34,42-43,47H,3-16,19,24-25,30,32-33,35-41,46H2,1-2H3,(H,50,51)/b18-17-,22-20-,23-21+,28-26-,29-27+,34-31+/t42?,43-/m1/s1. The van der Waals surface area contributed by atoms with Crippen LogP contribution in [0.1, 0.15) is 162 Å². The molecule has 0 rings (SSSR count). The maximum atomic E-state index is 12.6. The molecular formula is C45H78NO9P. The van der Waals surface area contributed by atoms with E-state index < -0.39 is 38.6 Å². The number of phosphoric ester groups is 1. The Kier molecular flexibility index (Phi) is 38.7. The molecule has 0 spiro atoms. The maximum absolute atomic E-state index is 12.6. The van der Waals surface area contributed by atoms with Crippen molar-refractivity contribution in [3.63, 3.8) is 0 Å². The molecule has 0 radical (unpaired) electrons. The summed E-state index contributed by atoms with van der Waals surface area (Å²) in [4.78, 5) is 34.8. The molecule has 10 nitrogen and oxygen atoms in total. The summed E-state index contributed by atoms with van der Waals surface area (Å²) in [6.07, 6.45) is 45.4. The van der Waals surface area contributed by atoms with Gasteiger partial charge in [0, 0.05) is 19.4 Å². The lowest BCUT2D eigenvalue weighted by Crippen LogP contribution is -2.29. The van der Waals surface area contributed by atoms with Gasteiger partial charge in [0.2, 0.25) is 0 Å². The number of ether oxygens (including phenoxy) is 2. The van der Waals surface area contributed by atoms with Crippen LogP contribution in [-0.4, -0.2) is 60.5 Å². The molecule has 0 aliphatic rings. The van der Waals surface area contributed by atoms with Gasteiger partial charge >= 0.3 is 19.8 Å². The molecule has 0 heterocycles. The summed E-state index contributed by atoms with van der Waals surface area (Å²) < 4.78 is 32.5. The zero-order chi connectivity index (χ0) is 41.2. The first-order chi connectivity index (χ1) is 27.2. The SMILES string of the molecule is CCCCCCCC/C=C\C/C=C\C/C=C\CCCC(=O)OC[C@H](COP(=O)(O)OCCN)OC(=O)CCCC(O)/C=C/C=C/C/C=C/CCCCCCCC. The van der Waals surface area contributed by atoms with Crippen molar-refractivity contribution < 1.29 is 42.7 Å². The van der Waals surface area contributed by atoms with Crippen molar-refractivity contribution in [3.05, 3.63) is 72.9 Å². The van der Waals surface area contributed by atoms with Crippen molar-refractivity contribution in [1.82, 2.24) is 0 Å². The topological polar surface area (TPSA) is 155 Å². The summed E-state index contributed by atoms with van der Waals surface area (Å²) in [6.45, 7) is 3.42. The van der Waals surface area contributed by atoms with Crippen molar-refractivity contribution in [2.75, 3.05) is 26.4 Å². The second-order valence-corrected chi connectivity index (χ2v) is 15.5. The summed E-state index contributed by atoms with van der Waals surface area (Å²) in [5.41, 5.74) is 5.33. The van der Waals surface area contributed by atoms with E-state index in [1.807, 2.05) is 18.2 Å². The monoisotopic (exact) mass is 808 g/mol. The number of unbranched alkanes of at least 4 members (excludes halogenated alkanes) is 13. The molecule has 4 N–H and O–H groups in total. The number of allylic oxidation sites excluding steroid dienone is 11. The van der Waals surface area contributed by atoms with Crippen LogP contribution in [-0.2, 0) is 32.7 Å². The lowest BCUT2D eigenvalue weighted by atomic mass is 10.1. The normalized spacial score (nSPS) is 14.6. The van der Waals surface area contributed by atoms with Gasteiger partial charge in [0.25, 0.3) is 0 Å². The van der Waals surface area contributed by atoms with Crippen LogP contribution in [0, 0.1) is 0 Å². The van der Waals surface area contributed by atoms with Gasteiger partial charge in [-0.1, -0.05) is 151 Å². The molecule has 3 atom stereocenters. The molecule has 0 saturated heterocycles. The molecule has 0 aromatic rings. The van der Waals surface area contributed by atoms with Crippen LogP contribution in [0.3, 0.4) is 0 Å². The van der Waals surface area contributed by atoms with Crippen LogP contribution < -0.4 is 5.73 Å². The number of carbonyl (C=O) groups excluding carboxylic acids is 2. The number of hydrogen-bond donors (Lipinski definition) is 3. The molecular weight excluding hydrogens is 729 g/mol. The Bertz CT molecular complexity index is 1160. The third-order valence-corrected chi connectivity index (χ3v) is 9.65. The van der Waals surface area contributed by atoms with Gasteiger partial charge in [0.05, 0.1) is 19.3 Å². The third kappa shape index (κ3) is 39.6. The fraction of sp³-hybridized carbons (Fsp3) is 0.689. The summed E-state index contributed by atoms with van der Waals surface area (Å²) >= 11 is 0. The van der Waals surface area contributed by atoms with E-state index in [0.29, 0.717) is 25.7 Å². The highest BCUT2D eigenvalue weighted by Gasteiger charge is 2.26. The first kappa shape index (κ1) is 53.4. The second-order valence-electron chi connectivity index (χ2n) is 14.1. The quantitative estimate of drug-likeness (QED) is 0.0180. The lowest BCUT2D eigenvalue weighted by molar-refractivity contribution is -0.161. The largest absolute Gasteiger partial charge is 0.472 e. The van der Waals surface area contributed by atoms with Crippen molar-refractivity contribution in [2.45, 2.75) is 174 Å². The van der Waals surface area contributed by atoms with E-state index in [4.69, 9.17) is 24.3 Å². The Morgan fingerprint density at radius 1 is 0.625 bits per heavy atom. The number of aliphatic hydroxyl groups is 1. The van der Waals surface area contributed by atoms with Crippen LogP contribution in [0.5, 0.6) is 0 Å². The summed E-state index contributed by atoms with van der Waals surface area (Å²) in [7, 11) is -4.44. The van der Waals surface area contributed by atoms with E-state index in [1.165, 1.54) is 77.0 Å². The molecule has 0 saturated carbocycles. The zero-order valence-corrected chi connectivity index (χ0v) is 35.8. The minimum atomic E-state index is -4.44. The highest BCUT2D eigenvalue weighted by molar-refractivity contribution is 7.47. The molecule has 0 bridgehead atoms. The van der Waals surface area contributed by atoms with Crippen LogP contribution in [0.2, 0.25) is 0 Å². The fourth-order valence-electron chi connectivity index (χ4n) is 5.42. The van der Waals surface area contributed by atoms with Gasteiger partial charge in [-0.2, -0.15) is 0 Å². The van der Waals surface area contributed by atoms with Gasteiger partial charge in [-0.05, 0) is 70.6 Å². The number of phosphoric acid groups is 1. The predicted octanol–water partition coefficient (Wildman–Crippen LogP) is 11.2. The highest BCUT2D eigenvalue weighted by atomic mass is 31.2. The van der Waals surface area contributed by atoms with Gasteiger partial charge in [-0.3, -0.25) is 18.6 Å². The van der Waals surface area contributed by atoms with Crippen molar-refractivity contribution in [3.8, 4) is 0 Å². The molecule has 0 aromatic heterocycles. The minimum Gasteiger partial charge on any atom is -0.462 e. The Morgan fingerprint density at radius 3 is 1.73 bits per heavy atom. The van der Waals surface area contributed by atoms with E-state index in [1.54, 1.807) is 12.2 Å². The van der Waals surface area contributed by atoms with Gasteiger partial charge in [-0.25, -0.2) is 4.57 Å². The average molecular weight is 808 g/mol. The average Bonchev–Trinajstić information content (AvgIpc) is 3.18. The molecule has 0 fully saturated rings. The van der Waals surface area contributed by atoms with Crippen LogP contribution >= 0.6 is 7.82 Å². The molecule has 0 aliphatic heterocycles. The van der Waals surface area contributed by atoms with Crippen molar-refractivity contribution in [1.29, 1.82) is 0 Å². The molecule has 0 aliphatic carbocycles. The molecule has 322 valence electrons. The number of rotatable bonds is 39. The van der Waals surface area contributed by atoms with E-state index in [9.17, 15) is 24.2 Å². The van der Waals surface area contributed by atoms with Crippen molar-refractivity contribution in [2.24, 2.45) is 5.73 Å². The third-order valence-electron chi connectivity index (χ3n) is 8.67. The van der Waals surface area contributed by atoms with Gasteiger partial charge in [0.1, 0.15) is 6.61 Å². The number of nitrogens with two attached hydrogens (primary N) is 1. The van der Waals surface area contributed by atoms with E-state index >= 15 is 0 Å². The van der Waals surface area contributed by atoms with E-state index in [2.05, 4.69) is 56.4 Å². The Hall–Kier alpha value is -2.59. The maximum Gasteiger partial charge on any atom is 0.472 e. The molecule has 2 unspecified atom stereocenters. The number of hydrogen-bond acceptors (Lipinski definition) is 9. The van der Waals surface area contributed by atoms with Crippen molar-refractivity contribution >= 4 is 19.8 Å². The molecule has 0 amide bonds. The van der Waals surface area contributed by atoms with Gasteiger partial charge < -0.3 is 25.2 Å².